The van der Waals surface area contributed by atoms with Crippen LogP contribution in [0.15, 0.2) is 30.6 Å². The zero-order valence-corrected chi connectivity index (χ0v) is 11.2. The van der Waals surface area contributed by atoms with Crippen molar-refractivity contribution >= 4 is 40.6 Å². The van der Waals surface area contributed by atoms with Gasteiger partial charge >= 0.3 is 0 Å². The van der Waals surface area contributed by atoms with Gasteiger partial charge in [0, 0.05) is 6.07 Å². The summed E-state index contributed by atoms with van der Waals surface area (Å²) in [6.07, 6.45) is 2.54. The monoisotopic (exact) mass is 312 g/mol. The van der Waals surface area contributed by atoms with Crippen LogP contribution in [-0.4, -0.2) is 20.8 Å². The minimum atomic E-state index is -0.765. The van der Waals surface area contributed by atoms with Crippen LogP contribution in [0.25, 0.3) is 0 Å². The molecular formula is C11H6Cl2N4O3. The van der Waals surface area contributed by atoms with Crippen molar-refractivity contribution in [1.82, 2.24) is 9.97 Å². The van der Waals surface area contributed by atoms with Crippen LogP contribution in [0.3, 0.4) is 0 Å². The molecule has 0 unspecified atom stereocenters. The topological polar surface area (TPSA) is 98.0 Å². The predicted octanol–water partition coefficient (Wildman–Crippen LogP) is 2.94. The molecule has 0 fully saturated rings. The van der Waals surface area contributed by atoms with Crippen molar-refractivity contribution in [2.75, 3.05) is 5.32 Å². The summed E-state index contributed by atoms with van der Waals surface area (Å²) in [7, 11) is 0. The molecule has 0 aliphatic rings. The molecule has 0 bridgehead atoms. The molecule has 0 saturated heterocycles. The summed E-state index contributed by atoms with van der Waals surface area (Å²) in [6.45, 7) is 0. The average Bonchev–Trinajstić information content (AvgIpc) is 2.38. The maximum Gasteiger partial charge on any atom is 0.283 e. The number of amides is 1. The van der Waals surface area contributed by atoms with Crippen LogP contribution in [-0.2, 0) is 0 Å². The third kappa shape index (κ3) is 3.01. The minimum Gasteiger partial charge on any atom is -0.305 e. The largest absolute Gasteiger partial charge is 0.305 e. The lowest BCUT2D eigenvalue weighted by Crippen LogP contribution is -2.15. The molecule has 0 aliphatic heterocycles. The summed E-state index contributed by atoms with van der Waals surface area (Å²) in [6, 6.07) is 3.95. The Bertz CT molecular complexity index is 693. The summed E-state index contributed by atoms with van der Waals surface area (Å²) in [5.74, 6) is -0.699. The van der Waals surface area contributed by atoms with E-state index in [0.717, 1.165) is 0 Å². The highest BCUT2D eigenvalue weighted by atomic mass is 35.5. The number of hydrogen-bond donors (Lipinski definition) is 1. The molecule has 1 amide bonds. The van der Waals surface area contributed by atoms with E-state index in [1.165, 1.54) is 30.6 Å². The number of carbonyl (C=O) groups excluding carboxylic acids is 1. The van der Waals surface area contributed by atoms with E-state index in [-0.39, 0.29) is 21.6 Å². The number of halogens is 2. The average molecular weight is 313 g/mol. The molecule has 1 aromatic heterocycles. The molecule has 1 heterocycles. The number of hydrogen-bond acceptors (Lipinski definition) is 5. The van der Waals surface area contributed by atoms with Crippen molar-refractivity contribution < 1.29 is 9.72 Å². The van der Waals surface area contributed by atoms with Crippen molar-refractivity contribution in [3.8, 4) is 0 Å². The lowest BCUT2D eigenvalue weighted by Gasteiger charge is -2.06. The number of benzene rings is 1. The first-order valence-electron chi connectivity index (χ1n) is 5.21. The lowest BCUT2D eigenvalue weighted by atomic mass is 10.1. The van der Waals surface area contributed by atoms with Crippen LogP contribution in [0, 0.1) is 10.1 Å². The van der Waals surface area contributed by atoms with Crippen LogP contribution in [0.2, 0.25) is 10.2 Å². The number of nitrogens with zero attached hydrogens (tertiary/aromatic N) is 3. The summed E-state index contributed by atoms with van der Waals surface area (Å²) in [4.78, 5) is 29.8. The van der Waals surface area contributed by atoms with Crippen molar-refractivity contribution in [2.24, 2.45) is 0 Å². The Labute approximate surface area is 122 Å². The van der Waals surface area contributed by atoms with E-state index in [9.17, 15) is 14.9 Å². The van der Waals surface area contributed by atoms with Gasteiger partial charge in [0.25, 0.3) is 11.6 Å². The van der Waals surface area contributed by atoms with Crippen LogP contribution in [0.4, 0.5) is 11.5 Å². The zero-order chi connectivity index (χ0) is 14.7. The van der Waals surface area contributed by atoms with Gasteiger partial charge in [-0.15, -0.1) is 0 Å². The van der Waals surface area contributed by atoms with E-state index in [1.54, 1.807) is 0 Å². The highest BCUT2D eigenvalue weighted by Crippen LogP contribution is 2.26. The first-order valence-corrected chi connectivity index (χ1v) is 5.96. The summed E-state index contributed by atoms with van der Waals surface area (Å²) >= 11 is 11.5. The molecule has 9 heteroatoms. The Hall–Kier alpha value is -2.25. The molecule has 0 saturated carbocycles. The van der Waals surface area contributed by atoms with Crippen molar-refractivity contribution in [3.05, 3.63) is 56.4 Å². The second kappa shape index (κ2) is 5.81. The van der Waals surface area contributed by atoms with E-state index < -0.39 is 16.5 Å². The van der Waals surface area contributed by atoms with Gasteiger partial charge in [-0.2, -0.15) is 0 Å². The van der Waals surface area contributed by atoms with Gasteiger partial charge in [-0.25, -0.2) is 4.98 Å². The van der Waals surface area contributed by atoms with E-state index in [4.69, 9.17) is 23.2 Å². The van der Waals surface area contributed by atoms with Crippen LogP contribution < -0.4 is 5.32 Å². The maximum atomic E-state index is 12.1. The smallest absolute Gasteiger partial charge is 0.283 e. The van der Waals surface area contributed by atoms with Crippen LogP contribution in [0.5, 0.6) is 0 Å². The molecule has 7 nitrogen and oxygen atoms in total. The molecule has 0 radical (unpaired) electrons. The zero-order valence-electron chi connectivity index (χ0n) is 9.71. The first kappa shape index (κ1) is 14.2. The van der Waals surface area contributed by atoms with Gasteiger partial charge in [0.1, 0.15) is 10.7 Å². The molecule has 1 N–H and O–H groups in total. The van der Waals surface area contributed by atoms with Crippen molar-refractivity contribution in [1.29, 1.82) is 0 Å². The van der Waals surface area contributed by atoms with Crippen LogP contribution in [0.1, 0.15) is 10.4 Å². The lowest BCUT2D eigenvalue weighted by molar-refractivity contribution is -0.385. The standard InChI is InChI=1S/C11H6Cl2N4O3/c12-6-2-1-3-7(17(19)20)10(6)11(18)16-9-5-14-4-8(13)15-9/h1-5H,(H,15,16,18). The van der Waals surface area contributed by atoms with Crippen molar-refractivity contribution in [2.45, 2.75) is 0 Å². The Balaban J connectivity index is 2.37. The van der Waals surface area contributed by atoms with Gasteiger partial charge in [-0.1, -0.05) is 29.3 Å². The molecule has 0 atom stereocenters. The first-order chi connectivity index (χ1) is 9.49. The number of aromatic nitrogens is 2. The Morgan fingerprint density at radius 2 is 2.05 bits per heavy atom. The van der Waals surface area contributed by atoms with E-state index >= 15 is 0 Å². The number of anilines is 1. The summed E-state index contributed by atoms with van der Waals surface area (Å²) in [5, 5.41) is 13.3. The van der Waals surface area contributed by atoms with Gasteiger partial charge < -0.3 is 5.32 Å². The van der Waals surface area contributed by atoms with Gasteiger partial charge in [0.05, 0.1) is 22.3 Å². The maximum absolute atomic E-state index is 12.1. The number of nitro benzene ring substituents is 1. The van der Waals surface area contributed by atoms with E-state index in [2.05, 4.69) is 15.3 Å². The van der Waals surface area contributed by atoms with Gasteiger partial charge in [0.15, 0.2) is 5.82 Å². The molecule has 0 spiro atoms. The number of nitrogens with one attached hydrogen (secondary N) is 1. The normalized spacial score (nSPS) is 10.1. The molecule has 2 rings (SSSR count). The van der Waals surface area contributed by atoms with Gasteiger partial charge in [-0.05, 0) is 6.07 Å². The molecule has 20 heavy (non-hydrogen) atoms. The Morgan fingerprint density at radius 3 is 2.70 bits per heavy atom. The number of carbonyl (C=O) groups is 1. The minimum absolute atomic E-state index is 0.0355. The molecular weight excluding hydrogens is 307 g/mol. The van der Waals surface area contributed by atoms with E-state index in [0.29, 0.717) is 0 Å². The Kier molecular flexibility index (Phi) is 4.11. The van der Waals surface area contributed by atoms with Crippen molar-refractivity contribution in [3.63, 3.8) is 0 Å². The third-order valence-corrected chi connectivity index (χ3v) is 2.76. The highest BCUT2D eigenvalue weighted by molar-refractivity contribution is 6.35. The van der Waals surface area contributed by atoms with Crippen LogP contribution >= 0.6 is 23.2 Å². The summed E-state index contributed by atoms with van der Waals surface area (Å²) < 4.78 is 0. The molecule has 0 aliphatic carbocycles. The van der Waals surface area contributed by atoms with E-state index in [1.807, 2.05) is 0 Å². The SMILES string of the molecule is O=C(Nc1cncc(Cl)n1)c1c(Cl)cccc1[N+](=O)[O-]. The summed E-state index contributed by atoms with van der Waals surface area (Å²) in [5.41, 5.74) is -0.647. The predicted molar refractivity (Wildman–Crippen MR) is 73.1 cm³/mol. The molecule has 1 aromatic carbocycles. The fourth-order valence-corrected chi connectivity index (χ4v) is 1.87. The van der Waals surface area contributed by atoms with Gasteiger partial charge in [0.2, 0.25) is 0 Å². The second-order valence-electron chi connectivity index (χ2n) is 3.57. The fraction of sp³-hybridized carbons (Fsp3) is 0. The molecule has 2 aromatic rings. The third-order valence-electron chi connectivity index (χ3n) is 2.26. The Morgan fingerprint density at radius 1 is 1.30 bits per heavy atom. The number of rotatable bonds is 3. The quantitative estimate of drug-likeness (QED) is 0.694. The highest BCUT2D eigenvalue weighted by Gasteiger charge is 2.23. The number of nitro groups is 1. The fourth-order valence-electron chi connectivity index (χ4n) is 1.47. The second-order valence-corrected chi connectivity index (χ2v) is 4.37. The van der Waals surface area contributed by atoms with Gasteiger partial charge in [-0.3, -0.25) is 19.9 Å². The molecule has 102 valence electrons.